The number of hydrogen-bond acceptors (Lipinski definition) is 2. The minimum atomic E-state index is -0.789. The maximum Gasteiger partial charge on any atom is 0.407 e. The molecule has 0 radical (unpaired) electrons. The van der Waals surface area contributed by atoms with Crippen LogP contribution in [0, 0.1) is 5.92 Å². The average Bonchev–Trinajstić information content (AvgIpc) is 2.31. The fourth-order valence-electron chi connectivity index (χ4n) is 2.18. The molecule has 1 saturated heterocycles. The zero-order valence-corrected chi connectivity index (χ0v) is 9.17. The third-order valence-corrected chi connectivity index (χ3v) is 3.16. The number of nitrogens with zero attached hydrogens (tertiary/aromatic N) is 2. The molecule has 2 rings (SSSR count). The van der Waals surface area contributed by atoms with Crippen molar-refractivity contribution in [2.24, 2.45) is 5.92 Å². The first-order valence-electron chi connectivity index (χ1n) is 5.62. The van der Waals surface area contributed by atoms with Gasteiger partial charge in [-0.15, -0.1) is 0 Å². The van der Waals surface area contributed by atoms with E-state index >= 15 is 0 Å². The van der Waals surface area contributed by atoms with E-state index in [2.05, 4.69) is 4.98 Å². The zero-order chi connectivity index (χ0) is 11.4. The summed E-state index contributed by atoms with van der Waals surface area (Å²) in [6.07, 6.45) is 5.80. The van der Waals surface area contributed by atoms with Crippen LogP contribution in [-0.4, -0.2) is 34.2 Å². The van der Waals surface area contributed by atoms with Gasteiger partial charge in [0.15, 0.2) is 0 Å². The van der Waals surface area contributed by atoms with Crippen molar-refractivity contribution in [3.8, 4) is 0 Å². The summed E-state index contributed by atoms with van der Waals surface area (Å²) in [5, 5.41) is 8.83. The van der Waals surface area contributed by atoms with Crippen LogP contribution in [0.15, 0.2) is 24.5 Å². The summed E-state index contributed by atoms with van der Waals surface area (Å²) in [5.74, 6) is 0.609. The number of carbonyl (C=O) groups is 1. The molecule has 0 aliphatic carbocycles. The first-order chi connectivity index (χ1) is 7.75. The number of carboxylic acid groups (broad SMARTS) is 1. The van der Waals surface area contributed by atoms with E-state index in [1.807, 2.05) is 24.5 Å². The quantitative estimate of drug-likeness (QED) is 0.829. The Morgan fingerprint density at radius 3 is 2.56 bits per heavy atom. The smallest absolute Gasteiger partial charge is 0.407 e. The van der Waals surface area contributed by atoms with Gasteiger partial charge in [-0.25, -0.2) is 4.79 Å². The molecule has 0 aromatic carbocycles. The molecule has 1 fully saturated rings. The molecule has 0 unspecified atom stereocenters. The molecule has 1 amide bonds. The third-order valence-electron chi connectivity index (χ3n) is 3.16. The molecule has 0 atom stereocenters. The van der Waals surface area contributed by atoms with Crippen LogP contribution in [0.4, 0.5) is 4.79 Å². The molecule has 16 heavy (non-hydrogen) atoms. The normalized spacial score (nSPS) is 17.4. The molecular formula is C12H16N2O2. The Morgan fingerprint density at radius 1 is 1.38 bits per heavy atom. The second-order valence-electron chi connectivity index (χ2n) is 4.27. The Balaban J connectivity index is 1.84. The van der Waals surface area contributed by atoms with Crippen LogP contribution >= 0.6 is 0 Å². The first-order valence-corrected chi connectivity index (χ1v) is 5.62. The fourth-order valence-corrected chi connectivity index (χ4v) is 2.18. The van der Waals surface area contributed by atoms with Crippen molar-refractivity contribution in [1.29, 1.82) is 0 Å². The molecule has 0 bridgehead atoms. The molecule has 0 saturated carbocycles. The summed E-state index contributed by atoms with van der Waals surface area (Å²) < 4.78 is 0. The van der Waals surface area contributed by atoms with E-state index in [9.17, 15) is 4.79 Å². The van der Waals surface area contributed by atoms with E-state index in [1.165, 1.54) is 10.5 Å². The van der Waals surface area contributed by atoms with E-state index in [-0.39, 0.29) is 0 Å². The standard InChI is InChI=1S/C12H16N2O2/c15-12(16)14-7-3-11(4-8-14)9-10-1-5-13-6-2-10/h1-2,5-6,11H,3-4,7-9H2,(H,15,16). The number of aromatic nitrogens is 1. The van der Waals surface area contributed by atoms with Gasteiger partial charge in [-0.2, -0.15) is 0 Å². The van der Waals surface area contributed by atoms with E-state index in [4.69, 9.17) is 5.11 Å². The number of amides is 1. The van der Waals surface area contributed by atoms with Crippen LogP contribution in [-0.2, 0) is 6.42 Å². The molecule has 1 N–H and O–H groups in total. The van der Waals surface area contributed by atoms with Gasteiger partial charge in [-0.1, -0.05) is 0 Å². The first kappa shape index (κ1) is 10.9. The van der Waals surface area contributed by atoms with Crippen LogP contribution in [0.3, 0.4) is 0 Å². The molecule has 1 aliphatic rings. The molecule has 1 aliphatic heterocycles. The lowest BCUT2D eigenvalue weighted by Gasteiger charge is -2.29. The Morgan fingerprint density at radius 2 is 2.00 bits per heavy atom. The molecule has 4 nitrogen and oxygen atoms in total. The highest BCUT2D eigenvalue weighted by Gasteiger charge is 2.22. The van der Waals surface area contributed by atoms with E-state index in [0.29, 0.717) is 19.0 Å². The van der Waals surface area contributed by atoms with Crippen molar-refractivity contribution in [1.82, 2.24) is 9.88 Å². The van der Waals surface area contributed by atoms with Gasteiger partial charge >= 0.3 is 6.09 Å². The van der Waals surface area contributed by atoms with Gasteiger partial charge in [0.1, 0.15) is 0 Å². The molecule has 86 valence electrons. The highest BCUT2D eigenvalue weighted by molar-refractivity contribution is 5.64. The van der Waals surface area contributed by atoms with Crippen molar-refractivity contribution in [3.05, 3.63) is 30.1 Å². The van der Waals surface area contributed by atoms with Crippen LogP contribution in [0.2, 0.25) is 0 Å². The van der Waals surface area contributed by atoms with Crippen molar-refractivity contribution >= 4 is 6.09 Å². The Hall–Kier alpha value is -1.58. The maximum atomic E-state index is 10.7. The van der Waals surface area contributed by atoms with Gasteiger partial charge in [0, 0.05) is 25.5 Å². The number of likely N-dealkylation sites (tertiary alicyclic amines) is 1. The lowest BCUT2D eigenvalue weighted by Crippen LogP contribution is -2.37. The Labute approximate surface area is 94.9 Å². The summed E-state index contributed by atoms with van der Waals surface area (Å²) >= 11 is 0. The number of hydrogen-bond donors (Lipinski definition) is 1. The highest BCUT2D eigenvalue weighted by Crippen LogP contribution is 2.21. The van der Waals surface area contributed by atoms with Crippen LogP contribution < -0.4 is 0 Å². The summed E-state index contributed by atoms with van der Waals surface area (Å²) in [4.78, 5) is 16.2. The van der Waals surface area contributed by atoms with Crippen molar-refractivity contribution in [2.45, 2.75) is 19.3 Å². The predicted molar refractivity (Wildman–Crippen MR) is 60.3 cm³/mol. The van der Waals surface area contributed by atoms with Crippen molar-refractivity contribution in [2.75, 3.05) is 13.1 Å². The van der Waals surface area contributed by atoms with Gasteiger partial charge < -0.3 is 10.0 Å². The van der Waals surface area contributed by atoms with Gasteiger partial charge in [0.05, 0.1) is 0 Å². The summed E-state index contributed by atoms with van der Waals surface area (Å²) in [5.41, 5.74) is 1.30. The summed E-state index contributed by atoms with van der Waals surface area (Å²) in [6, 6.07) is 4.06. The van der Waals surface area contributed by atoms with Crippen LogP contribution in [0.5, 0.6) is 0 Å². The van der Waals surface area contributed by atoms with E-state index in [1.54, 1.807) is 0 Å². The molecule has 1 aromatic heterocycles. The van der Waals surface area contributed by atoms with Gasteiger partial charge in [0.25, 0.3) is 0 Å². The van der Waals surface area contributed by atoms with E-state index in [0.717, 1.165) is 19.3 Å². The summed E-state index contributed by atoms with van der Waals surface area (Å²) in [7, 11) is 0. The molecular weight excluding hydrogens is 204 g/mol. The number of rotatable bonds is 2. The van der Waals surface area contributed by atoms with Gasteiger partial charge in [-0.05, 0) is 42.9 Å². The minimum absolute atomic E-state index is 0.609. The summed E-state index contributed by atoms with van der Waals surface area (Å²) in [6.45, 7) is 1.34. The Bertz CT molecular complexity index is 345. The van der Waals surface area contributed by atoms with E-state index < -0.39 is 6.09 Å². The molecule has 2 heterocycles. The van der Waals surface area contributed by atoms with Crippen LogP contribution in [0.1, 0.15) is 18.4 Å². The van der Waals surface area contributed by atoms with Gasteiger partial charge in [0.2, 0.25) is 0 Å². The van der Waals surface area contributed by atoms with Crippen LogP contribution in [0.25, 0.3) is 0 Å². The number of pyridine rings is 1. The highest BCUT2D eigenvalue weighted by atomic mass is 16.4. The zero-order valence-electron chi connectivity index (χ0n) is 9.17. The molecule has 0 spiro atoms. The Kier molecular flexibility index (Phi) is 3.39. The fraction of sp³-hybridized carbons (Fsp3) is 0.500. The predicted octanol–water partition coefficient (Wildman–Crippen LogP) is 2.01. The second kappa shape index (κ2) is 4.96. The largest absolute Gasteiger partial charge is 0.465 e. The maximum absolute atomic E-state index is 10.7. The monoisotopic (exact) mass is 220 g/mol. The number of piperidine rings is 1. The average molecular weight is 220 g/mol. The SMILES string of the molecule is O=C(O)N1CCC(Cc2ccncc2)CC1. The lowest BCUT2D eigenvalue weighted by molar-refractivity contribution is 0.124. The van der Waals surface area contributed by atoms with Gasteiger partial charge in [-0.3, -0.25) is 4.98 Å². The minimum Gasteiger partial charge on any atom is -0.465 e. The molecule has 4 heteroatoms. The van der Waals surface area contributed by atoms with Crippen molar-refractivity contribution in [3.63, 3.8) is 0 Å². The molecule has 1 aromatic rings. The topological polar surface area (TPSA) is 53.4 Å². The second-order valence-corrected chi connectivity index (χ2v) is 4.27. The lowest BCUT2D eigenvalue weighted by atomic mass is 9.91. The van der Waals surface area contributed by atoms with Crippen molar-refractivity contribution < 1.29 is 9.90 Å². The third kappa shape index (κ3) is 2.72.